The molecule has 0 saturated carbocycles. The highest BCUT2D eigenvalue weighted by molar-refractivity contribution is 7.86. The van der Waals surface area contributed by atoms with Crippen LogP contribution >= 0.6 is 0 Å². The highest BCUT2D eigenvalue weighted by atomic mass is 32.2. The zero-order valence-corrected chi connectivity index (χ0v) is 29.9. The van der Waals surface area contributed by atoms with Crippen LogP contribution in [0.2, 0.25) is 0 Å². The fourth-order valence-electron chi connectivity index (χ4n) is 5.68. The molecule has 1 heterocycles. The van der Waals surface area contributed by atoms with Gasteiger partial charge < -0.3 is 4.55 Å². The third-order valence-corrected chi connectivity index (χ3v) is 9.14. The average molecular weight is 667 g/mol. The van der Waals surface area contributed by atoms with E-state index in [2.05, 4.69) is 41.7 Å². The van der Waals surface area contributed by atoms with E-state index in [-0.39, 0.29) is 0 Å². The predicted octanol–water partition coefficient (Wildman–Crippen LogP) is 11.8. The summed E-state index contributed by atoms with van der Waals surface area (Å²) in [7, 11) is -6.09. The van der Waals surface area contributed by atoms with Gasteiger partial charge in [0.25, 0.3) is 0 Å². The van der Waals surface area contributed by atoms with Gasteiger partial charge in [0.15, 0.2) is 10.1 Å². The molecule has 0 bridgehead atoms. The minimum Gasteiger partial charge on any atom is -0.741 e. The van der Waals surface area contributed by atoms with Crippen LogP contribution in [0.25, 0.3) is 0 Å². The monoisotopic (exact) mass is 666 g/mol. The first-order valence-corrected chi connectivity index (χ1v) is 20.1. The summed E-state index contributed by atoms with van der Waals surface area (Å²) >= 11 is 0. The van der Waals surface area contributed by atoms with E-state index in [0.29, 0.717) is 0 Å². The molecular formula is C36H69F3N2O3S. The SMILES string of the molecule is CCCCCCCCCCCCCCCCn1cc[n+](CCCCCCCCCCCCCCCC)c1.O=S(=O)([O-])C(F)(F)F. The van der Waals surface area contributed by atoms with Gasteiger partial charge in [-0.1, -0.05) is 168 Å². The molecule has 0 aromatic carbocycles. The summed E-state index contributed by atoms with van der Waals surface area (Å²) < 4.78 is 63.7. The Hall–Kier alpha value is -1.09. The van der Waals surface area contributed by atoms with Crippen LogP contribution in [0, 0.1) is 0 Å². The normalized spacial score (nSPS) is 12.0. The van der Waals surface area contributed by atoms with Gasteiger partial charge in [-0.3, -0.25) is 0 Å². The number of alkyl halides is 3. The minimum absolute atomic E-state index is 1.20. The van der Waals surface area contributed by atoms with Crippen LogP contribution in [-0.2, 0) is 23.2 Å². The number of nitrogens with zero attached hydrogens (tertiary/aromatic N) is 2. The highest BCUT2D eigenvalue weighted by Gasteiger charge is 2.36. The van der Waals surface area contributed by atoms with Crippen molar-refractivity contribution < 1.29 is 30.7 Å². The average Bonchev–Trinajstić information content (AvgIpc) is 3.44. The predicted molar refractivity (Wildman–Crippen MR) is 181 cm³/mol. The molecular weight excluding hydrogens is 597 g/mol. The number of unbranched alkanes of at least 4 members (excludes halogenated alkanes) is 26. The molecule has 0 amide bonds. The van der Waals surface area contributed by atoms with Gasteiger partial charge in [-0.2, -0.15) is 13.2 Å². The molecule has 1 rings (SSSR count). The molecule has 0 N–H and O–H groups in total. The van der Waals surface area contributed by atoms with Crippen molar-refractivity contribution >= 4 is 10.1 Å². The molecule has 0 spiro atoms. The number of hydrogen-bond acceptors (Lipinski definition) is 3. The molecule has 1 aromatic rings. The van der Waals surface area contributed by atoms with Gasteiger partial charge in [-0.15, -0.1) is 0 Å². The van der Waals surface area contributed by atoms with Crippen LogP contribution < -0.4 is 4.57 Å². The highest BCUT2D eigenvalue weighted by Crippen LogP contribution is 2.20. The lowest BCUT2D eigenvalue weighted by Crippen LogP contribution is -2.30. The largest absolute Gasteiger partial charge is 0.741 e. The van der Waals surface area contributed by atoms with Crippen molar-refractivity contribution in [3.05, 3.63) is 18.7 Å². The molecule has 0 aliphatic heterocycles. The number of aromatic nitrogens is 2. The van der Waals surface area contributed by atoms with Crippen molar-refractivity contribution in [2.24, 2.45) is 0 Å². The second-order valence-electron chi connectivity index (χ2n) is 13.0. The first kappa shape index (κ1) is 43.9. The zero-order chi connectivity index (χ0) is 33.5. The van der Waals surface area contributed by atoms with E-state index in [1.165, 1.54) is 193 Å². The summed E-state index contributed by atoms with van der Waals surface area (Å²) in [6.07, 6.45) is 47.2. The summed E-state index contributed by atoms with van der Waals surface area (Å²) in [6.45, 7) is 7.00. The Labute approximate surface area is 275 Å². The summed E-state index contributed by atoms with van der Waals surface area (Å²) in [6, 6.07) is 0. The number of imidazole rings is 1. The second-order valence-corrected chi connectivity index (χ2v) is 14.4. The third kappa shape index (κ3) is 30.0. The Morgan fingerprint density at radius 1 is 0.556 bits per heavy atom. The lowest BCUT2D eigenvalue weighted by molar-refractivity contribution is -0.696. The number of hydrogen-bond donors (Lipinski definition) is 0. The summed E-state index contributed by atoms with van der Waals surface area (Å²) in [4.78, 5) is 0. The van der Waals surface area contributed by atoms with Crippen molar-refractivity contribution in [3.63, 3.8) is 0 Å². The summed E-state index contributed by atoms with van der Waals surface area (Å²) in [5.74, 6) is 0. The van der Waals surface area contributed by atoms with Gasteiger partial charge in [0.1, 0.15) is 12.4 Å². The van der Waals surface area contributed by atoms with E-state index in [4.69, 9.17) is 13.0 Å². The van der Waals surface area contributed by atoms with Gasteiger partial charge in [0, 0.05) is 0 Å². The molecule has 0 saturated heterocycles. The van der Waals surface area contributed by atoms with Crippen LogP contribution in [0.1, 0.15) is 194 Å². The van der Waals surface area contributed by atoms with Crippen molar-refractivity contribution in [3.8, 4) is 0 Å². The summed E-state index contributed by atoms with van der Waals surface area (Å²) in [5.41, 5.74) is -5.65. The molecule has 0 aliphatic carbocycles. The molecule has 5 nitrogen and oxygen atoms in total. The molecule has 268 valence electrons. The third-order valence-electron chi connectivity index (χ3n) is 8.57. The molecule has 0 radical (unpaired) electrons. The molecule has 45 heavy (non-hydrogen) atoms. The smallest absolute Gasteiger partial charge is 0.485 e. The molecule has 0 fully saturated rings. The van der Waals surface area contributed by atoms with Crippen molar-refractivity contribution in [2.75, 3.05) is 0 Å². The number of halogens is 3. The van der Waals surface area contributed by atoms with Gasteiger partial charge in [-0.25, -0.2) is 17.6 Å². The quantitative estimate of drug-likeness (QED) is 0.0355. The van der Waals surface area contributed by atoms with E-state index in [9.17, 15) is 13.2 Å². The number of aryl methyl sites for hydroxylation is 2. The second kappa shape index (κ2) is 30.3. The van der Waals surface area contributed by atoms with E-state index >= 15 is 0 Å². The van der Waals surface area contributed by atoms with Crippen molar-refractivity contribution in [1.82, 2.24) is 4.57 Å². The van der Waals surface area contributed by atoms with Crippen LogP contribution in [0.3, 0.4) is 0 Å². The Morgan fingerprint density at radius 2 is 0.844 bits per heavy atom. The molecule has 0 atom stereocenters. The van der Waals surface area contributed by atoms with E-state index in [1.54, 1.807) is 0 Å². The Kier molecular flexibility index (Phi) is 29.5. The van der Waals surface area contributed by atoms with Crippen molar-refractivity contribution in [1.29, 1.82) is 0 Å². The van der Waals surface area contributed by atoms with Gasteiger partial charge >= 0.3 is 5.51 Å². The first-order valence-electron chi connectivity index (χ1n) is 18.7. The lowest BCUT2D eigenvalue weighted by atomic mass is 10.0. The van der Waals surface area contributed by atoms with Crippen LogP contribution in [-0.4, -0.2) is 23.0 Å². The Bertz CT molecular complexity index is 813. The molecule has 0 aliphatic rings. The van der Waals surface area contributed by atoms with Crippen LogP contribution in [0.4, 0.5) is 13.2 Å². The molecule has 0 unspecified atom stereocenters. The number of rotatable bonds is 30. The molecule has 9 heteroatoms. The van der Waals surface area contributed by atoms with E-state index < -0.39 is 15.6 Å². The maximum absolute atomic E-state index is 10.7. The fraction of sp³-hybridized carbons (Fsp3) is 0.917. The van der Waals surface area contributed by atoms with Crippen LogP contribution in [0.5, 0.6) is 0 Å². The maximum Gasteiger partial charge on any atom is 0.485 e. The van der Waals surface area contributed by atoms with Gasteiger partial charge in [-0.05, 0) is 25.7 Å². The minimum atomic E-state index is -6.09. The zero-order valence-electron chi connectivity index (χ0n) is 29.1. The maximum atomic E-state index is 10.7. The molecule has 1 aromatic heterocycles. The Morgan fingerprint density at radius 3 is 1.16 bits per heavy atom. The standard InChI is InChI=1S/C35H69N2.CHF3O3S/c1-3-5-7-9-11-13-15-17-19-21-23-25-27-29-31-36-33-34-37(35-36)32-30-28-26-24-22-20-18-16-14-12-10-8-6-4-2;2-1(3,4)8(5,6)7/h33-35H,3-32H2,1-2H3;(H,5,6,7)/q+1;/p-1. The van der Waals surface area contributed by atoms with Gasteiger partial charge in [0.2, 0.25) is 6.33 Å². The van der Waals surface area contributed by atoms with Gasteiger partial charge in [0.05, 0.1) is 13.1 Å². The van der Waals surface area contributed by atoms with E-state index in [0.717, 1.165) is 0 Å². The Balaban J connectivity index is 0.00000212. The summed E-state index contributed by atoms with van der Waals surface area (Å²) in [5, 5.41) is 0. The van der Waals surface area contributed by atoms with Crippen LogP contribution in [0.15, 0.2) is 18.7 Å². The van der Waals surface area contributed by atoms with E-state index in [1.807, 2.05) is 0 Å². The first-order chi connectivity index (χ1) is 21.6. The van der Waals surface area contributed by atoms with Crippen molar-refractivity contribution in [2.45, 2.75) is 212 Å². The fourth-order valence-corrected chi connectivity index (χ4v) is 5.68. The topological polar surface area (TPSA) is 66.0 Å². The lowest BCUT2D eigenvalue weighted by Gasteiger charge is -2.08.